The summed E-state index contributed by atoms with van der Waals surface area (Å²) in [6, 6.07) is 23.3. The van der Waals surface area contributed by atoms with Crippen LogP contribution in [0.1, 0.15) is 16.7 Å². The highest BCUT2D eigenvalue weighted by atomic mass is 16.5. The van der Waals surface area contributed by atoms with E-state index in [1.54, 1.807) is 13.2 Å². The molecular formula is C24H23NO3. The molecule has 3 rings (SSSR count). The average molecular weight is 373 g/mol. The van der Waals surface area contributed by atoms with Crippen LogP contribution in [0.25, 0.3) is 6.08 Å². The van der Waals surface area contributed by atoms with Gasteiger partial charge < -0.3 is 14.8 Å². The summed E-state index contributed by atoms with van der Waals surface area (Å²) in [4.78, 5) is 12.3. The van der Waals surface area contributed by atoms with Gasteiger partial charge in [0, 0.05) is 6.08 Å². The summed E-state index contributed by atoms with van der Waals surface area (Å²) >= 11 is 0. The minimum absolute atomic E-state index is 0.223. The molecule has 4 heteroatoms. The third-order valence-electron chi connectivity index (χ3n) is 4.15. The van der Waals surface area contributed by atoms with E-state index in [0.29, 0.717) is 18.0 Å². The molecule has 28 heavy (non-hydrogen) atoms. The molecule has 0 aliphatic carbocycles. The maximum absolute atomic E-state index is 12.3. The number of ether oxygens (including phenoxy) is 2. The Morgan fingerprint density at radius 2 is 1.82 bits per heavy atom. The molecule has 0 bridgehead atoms. The van der Waals surface area contributed by atoms with E-state index in [1.807, 2.05) is 79.7 Å². The van der Waals surface area contributed by atoms with Gasteiger partial charge in [0.25, 0.3) is 0 Å². The molecule has 3 aromatic carbocycles. The largest absolute Gasteiger partial charge is 0.495 e. The van der Waals surface area contributed by atoms with Crippen molar-refractivity contribution in [1.29, 1.82) is 0 Å². The number of aryl methyl sites for hydroxylation is 1. The topological polar surface area (TPSA) is 47.6 Å². The van der Waals surface area contributed by atoms with Crippen molar-refractivity contribution in [2.75, 3.05) is 12.4 Å². The molecule has 0 saturated heterocycles. The number of rotatable bonds is 7. The molecule has 0 aliphatic heterocycles. The standard InChI is InChI=1S/C24H23NO3/c1-18-11-13-23(27-2)22(15-18)25-24(26)14-12-19-9-6-10-21(16-19)28-17-20-7-4-3-5-8-20/h3-16H,17H2,1-2H3,(H,25,26)/b14-12+. The van der Waals surface area contributed by atoms with Crippen LogP contribution in [-0.4, -0.2) is 13.0 Å². The molecule has 0 atom stereocenters. The summed E-state index contributed by atoms with van der Waals surface area (Å²) in [5.74, 6) is 1.16. The monoisotopic (exact) mass is 373 g/mol. The molecule has 0 unspecified atom stereocenters. The van der Waals surface area contributed by atoms with Crippen molar-refractivity contribution in [1.82, 2.24) is 0 Å². The van der Waals surface area contributed by atoms with Crippen molar-refractivity contribution in [3.63, 3.8) is 0 Å². The van der Waals surface area contributed by atoms with E-state index in [0.717, 1.165) is 22.4 Å². The Kier molecular flexibility index (Phi) is 6.47. The molecule has 0 fully saturated rings. The predicted molar refractivity (Wildman–Crippen MR) is 113 cm³/mol. The maximum atomic E-state index is 12.3. The van der Waals surface area contributed by atoms with E-state index < -0.39 is 0 Å². The van der Waals surface area contributed by atoms with Crippen LogP contribution in [0.15, 0.2) is 78.9 Å². The Bertz CT molecular complexity index is 965. The Morgan fingerprint density at radius 3 is 2.61 bits per heavy atom. The zero-order valence-electron chi connectivity index (χ0n) is 16.0. The fourth-order valence-corrected chi connectivity index (χ4v) is 2.71. The van der Waals surface area contributed by atoms with Crippen LogP contribution in [0, 0.1) is 6.92 Å². The summed E-state index contributed by atoms with van der Waals surface area (Å²) in [6.07, 6.45) is 3.26. The van der Waals surface area contributed by atoms with Gasteiger partial charge in [0.2, 0.25) is 5.91 Å². The van der Waals surface area contributed by atoms with Gasteiger partial charge in [-0.25, -0.2) is 0 Å². The van der Waals surface area contributed by atoms with Crippen molar-refractivity contribution < 1.29 is 14.3 Å². The highest BCUT2D eigenvalue weighted by Gasteiger charge is 2.05. The molecule has 0 radical (unpaired) electrons. The van der Waals surface area contributed by atoms with E-state index in [9.17, 15) is 4.79 Å². The molecule has 1 amide bonds. The minimum atomic E-state index is -0.223. The predicted octanol–water partition coefficient (Wildman–Crippen LogP) is 5.23. The molecule has 0 saturated carbocycles. The third-order valence-corrected chi connectivity index (χ3v) is 4.15. The van der Waals surface area contributed by atoms with Gasteiger partial charge in [-0.2, -0.15) is 0 Å². The summed E-state index contributed by atoms with van der Waals surface area (Å²) in [5.41, 5.74) is 3.69. The molecule has 0 spiro atoms. The zero-order chi connectivity index (χ0) is 19.8. The molecule has 4 nitrogen and oxygen atoms in total. The van der Waals surface area contributed by atoms with Crippen molar-refractivity contribution in [2.24, 2.45) is 0 Å². The Balaban J connectivity index is 1.62. The van der Waals surface area contributed by atoms with Gasteiger partial charge in [0.05, 0.1) is 12.8 Å². The van der Waals surface area contributed by atoms with Gasteiger partial charge in [-0.1, -0.05) is 48.5 Å². The number of nitrogens with one attached hydrogen (secondary N) is 1. The molecular weight excluding hydrogens is 350 g/mol. The first-order chi connectivity index (χ1) is 13.6. The van der Waals surface area contributed by atoms with Gasteiger partial charge >= 0.3 is 0 Å². The lowest BCUT2D eigenvalue weighted by Gasteiger charge is -2.09. The summed E-state index contributed by atoms with van der Waals surface area (Å²) < 4.78 is 11.1. The summed E-state index contributed by atoms with van der Waals surface area (Å²) in [5, 5.41) is 2.85. The third kappa shape index (κ3) is 5.48. The second kappa shape index (κ2) is 9.42. The van der Waals surface area contributed by atoms with Crippen LogP contribution in [0.4, 0.5) is 5.69 Å². The number of benzene rings is 3. The number of carbonyl (C=O) groups excluding carboxylic acids is 1. The number of carbonyl (C=O) groups is 1. The lowest BCUT2D eigenvalue weighted by Crippen LogP contribution is -2.09. The van der Waals surface area contributed by atoms with Crippen molar-refractivity contribution in [3.8, 4) is 11.5 Å². The normalized spacial score (nSPS) is 10.6. The highest BCUT2D eigenvalue weighted by molar-refractivity contribution is 6.02. The molecule has 0 aromatic heterocycles. The second-order valence-corrected chi connectivity index (χ2v) is 6.37. The fraction of sp³-hybridized carbons (Fsp3) is 0.125. The number of anilines is 1. The summed E-state index contributed by atoms with van der Waals surface area (Å²) in [6.45, 7) is 2.47. The lowest BCUT2D eigenvalue weighted by atomic mass is 10.2. The van der Waals surface area contributed by atoms with Crippen molar-refractivity contribution in [3.05, 3.63) is 95.6 Å². The molecule has 0 aliphatic rings. The van der Waals surface area contributed by atoms with Gasteiger partial charge in [-0.05, 0) is 54.0 Å². The van der Waals surface area contributed by atoms with Gasteiger partial charge in [-0.3, -0.25) is 4.79 Å². The van der Waals surface area contributed by atoms with Crippen LogP contribution < -0.4 is 14.8 Å². The first kappa shape index (κ1) is 19.2. The molecule has 3 aromatic rings. The first-order valence-corrected chi connectivity index (χ1v) is 9.04. The van der Waals surface area contributed by atoms with Crippen LogP contribution in [-0.2, 0) is 11.4 Å². The van der Waals surface area contributed by atoms with E-state index in [1.165, 1.54) is 6.08 Å². The number of amides is 1. The molecule has 0 heterocycles. The maximum Gasteiger partial charge on any atom is 0.248 e. The zero-order valence-corrected chi connectivity index (χ0v) is 16.0. The van der Waals surface area contributed by atoms with E-state index in [2.05, 4.69) is 5.32 Å². The quantitative estimate of drug-likeness (QED) is 0.577. The average Bonchev–Trinajstić information content (AvgIpc) is 2.72. The van der Waals surface area contributed by atoms with Crippen molar-refractivity contribution in [2.45, 2.75) is 13.5 Å². The van der Waals surface area contributed by atoms with E-state index >= 15 is 0 Å². The van der Waals surface area contributed by atoms with E-state index in [-0.39, 0.29) is 5.91 Å². The summed E-state index contributed by atoms with van der Waals surface area (Å²) in [7, 11) is 1.58. The minimum Gasteiger partial charge on any atom is -0.495 e. The SMILES string of the molecule is COc1ccc(C)cc1NC(=O)/C=C/c1cccc(OCc2ccccc2)c1. The van der Waals surface area contributed by atoms with E-state index in [4.69, 9.17) is 9.47 Å². The Morgan fingerprint density at radius 1 is 1.00 bits per heavy atom. The molecule has 1 N–H and O–H groups in total. The van der Waals surface area contributed by atoms with Gasteiger partial charge in [0.1, 0.15) is 18.1 Å². The van der Waals surface area contributed by atoms with Crippen molar-refractivity contribution >= 4 is 17.7 Å². The van der Waals surface area contributed by atoms with Crippen LogP contribution in [0.5, 0.6) is 11.5 Å². The van der Waals surface area contributed by atoms with Gasteiger partial charge in [-0.15, -0.1) is 0 Å². The Labute approximate surface area is 165 Å². The smallest absolute Gasteiger partial charge is 0.248 e. The number of hydrogen-bond acceptors (Lipinski definition) is 3. The number of hydrogen-bond donors (Lipinski definition) is 1. The second-order valence-electron chi connectivity index (χ2n) is 6.37. The fourth-order valence-electron chi connectivity index (χ4n) is 2.71. The van der Waals surface area contributed by atoms with Crippen LogP contribution >= 0.6 is 0 Å². The van der Waals surface area contributed by atoms with Crippen LogP contribution in [0.3, 0.4) is 0 Å². The Hall–Kier alpha value is -3.53. The number of methoxy groups -OCH3 is 1. The van der Waals surface area contributed by atoms with Gasteiger partial charge in [0.15, 0.2) is 0 Å². The van der Waals surface area contributed by atoms with Crippen LogP contribution in [0.2, 0.25) is 0 Å². The first-order valence-electron chi connectivity index (χ1n) is 9.04. The highest BCUT2D eigenvalue weighted by Crippen LogP contribution is 2.25. The molecule has 142 valence electrons. The lowest BCUT2D eigenvalue weighted by molar-refractivity contribution is -0.111.